The van der Waals surface area contributed by atoms with E-state index in [0.29, 0.717) is 12.1 Å². The van der Waals surface area contributed by atoms with Crippen LogP contribution in [0.3, 0.4) is 0 Å². The van der Waals surface area contributed by atoms with Crippen LogP contribution in [0.2, 0.25) is 0 Å². The Morgan fingerprint density at radius 3 is 2.79 bits per heavy atom. The molecule has 1 saturated heterocycles. The molecule has 0 spiro atoms. The van der Waals surface area contributed by atoms with Crippen LogP contribution in [-0.4, -0.2) is 35.1 Å². The predicted molar refractivity (Wildman–Crippen MR) is 74.4 cm³/mol. The smallest absolute Gasteiger partial charge is 0.287 e. The Balaban J connectivity index is 2.18. The average Bonchev–Trinajstić information content (AvgIpc) is 2.46. The highest BCUT2D eigenvalue weighted by molar-refractivity contribution is 5.44. The molecule has 19 heavy (non-hydrogen) atoms. The van der Waals surface area contributed by atoms with E-state index in [1.54, 1.807) is 6.07 Å². The van der Waals surface area contributed by atoms with Crippen molar-refractivity contribution in [3.63, 3.8) is 0 Å². The van der Waals surface area contributed by atoms with Crippen molar-refractivity contribution in [2.75, 3.05) is 18.0 Å². The molecule has 2 unspecified atom stereocenters. The Hall–Kier alpha value is -1.69. The normalized spacial score (nSPS) is 23.4. The average molecular weight is 264 g/mol. The lowest BCUT2D eigenvalue weighted by Crippen LogP contribution is -2.56. The Bertz CT molecular complexity index is 435. The van der Waals surface area contributed by atoms with Crippen LogP contribution in [-0.2, 0) is 0 Å². The first kappa shape index (κ1) is 13.7. The van der Waals surface area contributed by atoms with Crippen molar-refractivity contribution in [2.45, 2.75) is 38.8 Å². The van der Waals surface area contributed by atoms with Gasteiger partial charge in [0.2, 0.25) is 0 Å². The molecule has 2 rings (SSSR count). The van der Waals surface area contributed by atoms with Gasteiger partial charge in [0.25, 0.3) is 5.69 Å². The molecule has 1 aromatic heterocycles. The number of piperazine rings is 1. The van der Waals surface area contributed by atoms with Crippen LogP contribution in [0.4, 0.5) is 11.5 Å². The summed E-state index contributed by atoms with van der Waals surface area (Å²) in [6, 6.07) is 4.13. The van der Waals surface area contributed by atoms with Crippen LogP contribution in [0.5, 0.6) is 0 Å². The zero-order valence-electron chi connectivity index (χ0n) is 11.4. The fourth-order valence-electron chi connectivity index (χ4n) is 2.44. The SMILES string of the molecule is CCC1CN(c2ccc([N+](=O)[O-])cn2)C(CC)CN1. The number of nitrogens with zero attached hydrogens (tertiary/aromatic N) is 3. The number of hydrogen-bond acceptors (Lipinski definition) is 5. The van der Waals surface area contributed by atoms with E-state index >= 15 is 0 Å². The van der Waals surface area contributed by atoms with Crippen LogP contribution < -0.4 is 10.2 Å². The van der Waals surface area contributed by atoms with Crippen LogP contribution in [0.15, 0.2) is 18.3 Å². The quantitative estimate of drug-likeness (QED) is 0.665. The van der Waals surface area contributed by atoms with E-state index in [2.05, 4.69) is 29.0 Å². The monoisotopic (exact) mass is 264 g/mol. The summed E-state index contributed by atoms with van der Waals surface area (Å²) in [6.45, 7) is 6.15. The maximum Gasteiger partial charge on any atom is 0.287 e. The van der Waals surface area contributed by atoms with Crippen LogP contribution >= 0.6 is 0 Å². The Morgan fingerprint density at radius 1 is 1.47 bits per heavy atom. The van der Waals surface area contributed by atoms with Crippen LogP contribution in [0.1, 0.15) is 26.7 Å². The van der Waals surface area contributed by atoms with Gasteiger partial charge in [-0.05, 0) is 18.9 Å². The topological polar surface area (TPSA) is 71.3 Å². The second-order valence-corrected chi connectivity index (χ2v) is 4.86. The lowest BCUT2D eigenvalue weighted by Gasteiger charge is -2.40. The van der Waals surface area contributed by atoms with Crippen LogP contribution in [0, 0.1) is 10.1 Å². The van der Waals surface area contributed by atoms with Crippen molar-refractivity contribution in [1.29, 1.82) is 0 Å². The molecule has 104 valence electrons. The van der Waals surface area contributed by atoms with Crippen molar-refractivity contribution in [3.05, 3.63) is 28.4 Å². The van der Waals surface area contributed by atoms with E-state index in [1.165, 1.54) is 12.3 Å². The first-order valence-corrected chi connectivity index (χ1v) is 6.76. The summed E-state index contributed by atoms with van der Waals surface area (Å²) in [5.74, 6) is 0.831. The summed E-state index contributed by atoms with van der Waals surface area (Å²) >= 11 is 0. The minimum absolute atomic E-state index is 0.0407. The predicted octanol–water partition coefficient (Wildman–Crippen LogP) is 1.96. The molecule has 0 radical (unpaired) electrons. The fourth-order valence-corrected chi connectivity index (χ4v) is 2.44. The summed E-state index contributed by atoms with van der Waals surface area (Å²) in [5, 5.41) is 14.2. The molecule has 1 aromatic rings. The fraction of sp³-hybridized carbons (Fsp3) is 0.615. The van der Waals surface area contributed by atoms with Gasteiger partial charge in [0, 0.05) is 31.2 Å². The number of nitro groups is 1. The second kappa shape index (κ2) is 5.97. The zero-order chi connectivity index (χ0) is 13.8. The molecule has 6 heteroatoms. The highest BCUT2D eigenvalue weighted by Crippen LogP contribution is 2.22. The number of anilines is 1. The molecule has 2 heterocycles. The summed E-state index contributed by atoms with van der Waals surface area (Å²) in [5.41, 5.74) is 0.0407. The molecule has 1 N–H and O–H groups in total. The van der Waals surface area contributed by atoms with Crippen LogP contribution in [0.25, 0.3) is 0 Å². The maximum absolute atomic E-state index is 10.6. The largest absolute Gasteiger partial charge is 0.351 e. The molecule has 2 atom stereocenters. The van der Waals surface area contributed by atoms with Gasteiger partial charge >= 0.3 is 0 Å². The van der Waals surface area contributed by atoms with Crippen molar-refractivity contribution in [3.8, 4) is 0 Å². The van der Waals surface area contributed by atoms with E-state index < -0.39 is 4.92 Å². The molecule has 1 aliphatic rings. The first-order valence-electron chi connectivity index (χ1n) is 6.76. The molecule has 6 nitrogen and oxygen atoms in total. The van der Waals surface area contributed by atoms with E-state index in [4.69, 9.17) is 0 Å². The molecule has 0 saturated carbocycles. The van der Waals surface area contributed by atoms with Gasteiger partial charge in [-0.3, -0.25) is 10.1 Å². The summed E-state index contributed by atoms with van der Waals surface area (Å²) in [4.78, 5) is 16.7. The van der Waals surface area contributed by atoms with Gasteiger partial charge in [-0.1, -0.05) is 13.8 Å². The number of aromatic nitrogens is 1. The first-order chi connectivity index (χ1) is 9.15. The highest BCUT2D eigenvalue weighted by Gasteiger charge is 2.26. The number of hydrogen-bond donors (Lipinski definition) is 1. The standard InChI is InChI=1S/C13H20N4O2/c1-3-10-9-16(11(4-2)7-14-10)13-6-5-12(8-15-13)17(18)19/h5-6,8,10-11,14H,3-4,7,9H2,1-2H3. The van der Waals surface area contributed by atoms with Gasteiger partial charge in [0.15, 0.2) is 0 Å². The van der Waals surface area contributed by atoms with E-state index in [1.807, 2.05) is 0 Å². The van der Waals surface area contributed by atoms with Crippen molar-refractivity contribution >= 4 is 11.5 Å². The zero-order valence-corrected chi connectivity index (χ0v) is 11.4. The minimum Gasteiger partial charge on any atom is -0.351 e. The second-order valence-electron chi connectivity index (χ2n) is 4.86. The van der Waals surface area contributed by atoms with E-state index in [-0.39, 0.29) is 5.69 Å². The van der Waals surface area contributed by atoms with Gasteiger partial charge in [0.05, 0.1) is 4.92 Å². The molecule has 1 aliphatic heterocycles. The number of pyridine rings is 1. The van der Waals surface area contributed by atoms with Crippen molar-refractivity contribution < 1.29 is 4.92 Å². The highest BCUT2D eigenvalue weighted by atomic mass is 16.6. The maximum atomic E-state index is 10.6. The summed E-state index contributed by atoms with van der Waals surface area (Å²) in [7, 11) is 0. The van der Waals surface area contributed by atoms with E-state index in [0.717, 1.165) is 31.7 Å². The lowest BCUT2D eigenvalue weighted by molar-refractivity contribution is -0.385. The number of rotatable bonds is 4. The third-order valence-electron chi connectivity index (χ3n) is 3.70. The van der Waals surface area contributed by atoms with Gasteiger partial charge in [-0.15, -0.1) is 0 Å². The molecule has 1 fully saturated rings. The van der Waals surface area contributed by atoms with Gasteiger partial charge < -0.3 is 10.2 Å². The van der Waals surface area contributed by atoms with Gasteiger partial charge in [-0.2, -0.15) is 0 Å². The summed E-state index contributed by atoms with van der Waals surface area (Å²) < 4.78 is 0. The Labute approximate surface area is 113 Å². The molecule has 0 amide bonds. The third kappa shape index (κ3) is 3.01. The minimum atomic E-state index is -0.416. The third-order valence-corrected chi connectivity index (χ3v) is 3.70. The number of nitrogens with one attached hydrogen (secondary N) is 1. The molecular weight excluding hydrogens is 244 g/mol. The molecule has 0 aliphatic carbocycles. The van der Waals surface area contributed by atoms with Gasteiger partial charge in [-0.25, -0.2) is 4.98 Å². The molecular formula is C13H20N4O2. The van der Waals surface area contributed by atoms with Crippen molar-refractivity contribution in [2.24, 2.45) is 0 Å². The van der Waals surface area contributed by atoms with Gasteiger partial charge in [0.1, 0.15) is 12.0 Å². The lowest BCUT2D eigenvalue weighted by atomic mass is 10.1. The van der Waals surface area contributed by atoms with Crippen molar-refractivity contribution in [1.82, 2.24) is 10.3 Å². The Kier molecular flexibility index (Phi) is 4.31. The summed E-state index contributed by atoms with van der Waals surface area (Å²) in [6.07, 6.45) is 3.44. The Morgan fingerprint density at radius 2 is 2.26 bits per heavy atom. The van der Waals surface area contributed by atoms with E-state index in [9.17, 15) is 10.1 Å². The molecule has 0 aromatic carbocycles. The molecule has 0 bridgehead atoms.